The molecule has 0 radical (unpaired) electrons. The second kappa shape index (κ2) is 7.66. The maximum Gasteiger partial charge on any atom is 0.433 e. The molecule has 0 saturated carbocycles. The van der Waals surface area contributed by atoms with Gasteiger partial charge in [0.15, 0.2) is 11.5 Å². The molecule has 0 aliphatic heterocycles. The minimum absolute atomic E-state index is 0.0478. The first kappa shape index (κ1) is 18.5. The minimum atomic E-state index is -4.60. The molecule has 1 N–H and O–H groups in total. The Labute approximate surface area is 163 Å². The lowest BCUT2D eigenvalue weighted by Gasteiger charge is -2.13. The van der Waals surface area contributed by atoms with Crippen LogP contribution in [0.1, 0.15) is 11.3 Å². The van der Waals surface area contributed by atoms with Gasteiger partial charge in [0.05, 0.1) is 0 Å². The monoisotopic (exact) mass is 397 g/mol. The van der Waals surface area contributed by atoms with Gasteiger partial charge in [-0.3, -0.25) is 9.55 Å². The summed E-state index contributed by atoms with van der Waals surface area (Å²) >= 11 is 0. The van der Waals surface area contributed by atoms with Gasteiger partial charge < -0.3 is 5.32 Å². The number of aromatic nitrogens is 6. The maximum atomic E-state index is 13.3. The third-order valence-electron chi connectivity index (χ3n) is 4.01. The molecule has 29 heavy (non-hydrogen) atoms. The van der Waals surface area contributed by atoms with Gasteiger partial charge in [-0.05, 0) is 18.2 Å². The summed E-state index contributed by atoms with van der Waals surface area (Å²) in [6.07, 6.45) is 4.91. The molecule has 4 aromatic heterocycles. The second-order valence-corrected chi connectivity index (χ2v) is 6.01. The van der Waals surface area contributed by atoms with Gasteiger partial charge in [0, 0.05) is 54.7 Å². The highest BCUT2D eigenvalue weighted by atomic mass is 19.4. The number of hydrogen-bond acceptors (Lipinski definition) is 6. The number of pyridine rings is 2. The van der Waals surface area contributed by atoms with Crippen LogP contribution in [0, 0.1) is 0 Å². The molecule has 0 fully saturated rings. The molecule has 10 heteroatoms. The van der Waals surface area contributed by atoms with Crippen LogP contribution < -0.4 is 5.32 Å². The molecule has 4 heterocycles. The van der Waals surface area contributed by atoms with Gasteiger partial charge >= 0.3 is 6.18 Å². The van der Waals surface area contributed by atoms with Crippen molar-refractivity contribution < 1.29 is 13.2 Å². The van der Waals surface area contributed by atoms with Gasteiger partial charge in [0.1, 0.15) is 18.0 Å². The fraction of sp³-hybridized carbons (Fsp3) is 0.105. The molecule has 146 valence electrons. The Morgan fingerprint density at radius 2 is 1.86 bits per heavy atom. The van der Waals surface area contributed by atoms with Gasteiger partial charge in [-0.25, -0.2) is 19.9 Å². The lowest BCUT2D eigenvalue weighted by atomic mass is 10.2. The molecule has 0 spiro atoms. The molecule has 0 unspecified atom stereocenters. The predicted molar refractivity (Wildman–Crippen MR) is 99.0 cm³/mol. The van der Waals surface area contributed by atoms with E-state index in [1.165, 1.54) is 12.4 Å². The van der Waals surface area contributed by atoms with E-state index in [1.54, 1.807) is 47.7 Å². The van der Waals surface area contributed by atoms with E-state index in [-0.39, 0.29) is 18.2 Å². The zero-order valence-electron chi connectivity index (χ0n) is 14.9. The van der Waals surface area contributed by atoms with Crippen LogP contribution in [0.5, 0.6) is 0 Å². The van der Waals surface area contributed by atoms with Crippen LogP contribution >= 0.6 is 0 Å². The van der Waals surface area contributed by atoms with Crippen molar-refractivity contribution in [3.8, 4) is 17.2 Å². The van der Waals surface area contributed by atoms with Gasteiger partial charge in [-0.2, -0.15) is 13.2 Å². The van der Waals surface area contributed by atoms with Crippen LogP contribution in [0.4, 0.5) is 19.0 Å². The Morgan fingerprint density at radius 3 is 2.59 bits per heavy atom. The molecule has 0 amide bonds. The van der Waals surface area contributed by atoms with Gasteiger partial charge in [-0.1, -0.05) is 6.07 Å². The topological polar surface area (TPSA) is 81.4 Å². The number of hydrogen-bond donors (Lipinski definition) is 1. The highest BCUT2D eigenvalue weighted by molar-refractivity contribution is 5.56. The zero-order valence-corrected chi connectivity index (χ0v) is 14.9. The van der Waals surface area contributed by atoms with E-state index in [4.69, 9.17) is 0 Å². The molecular weight excluding hydrogens is 383 g/mol. The smallest absolute Gasteiger partial charge is 0.366 e. The summed E-state index contributed by atoms with van der Waals surface area (Å²) in [5, 5.41) is 2.94. The number of imidazole rings is 1. The lowest BCUT2D eigenvalue weighted by molar-refractivity contribution is -0.141. The van der Waals surface area contributed by atoms with Crippen molar-refractivity contribution >= 4 is 5.82 Å². The maximum absolute atomic E-state index is 13.3. The standard InChI is InChI=1S/C19H14F3N7/c20-19(21,22)15-9-16(28-17(27-15)13-3-1-5-23-10-13)26-11-14-4-2-6-25-18(14)29-8-7-24-12-29/h1-10,12H,11H2,(H,26,27,28). The van der Waals surface area contributed by atoms with E-state index in [0.717, 1.165) is 11.6 Å². The summed E-state index contributed by atoms with van der Waals surface area (Å²) < 4.78 is 41.7. The zero-order chi connectivity index (χ0) is 20.3. The normalized spacial score (nSPS) is 11.4. The van der Waals surface area contributed by atoms with Crippen LogP contribution in [0.3, 0.4) is 0 Å². The van der Waals surface area contributed by atoms with Crippen LogP contribution in [-0.2, 0) is 12.7 Å². The molecule has 0 saturated heterocycles. The predicted octanol–water partition coefficient (Wildman–Crippen LogP) is 3.75. The van der Waals surface area contributed by atoms with Gasteiger partial charge in [-0.15, -0.1) is 0 Å². The summed E-state index contributed by atoms with van der Waals surface area (Å²) in [5.41, 5.74) is 0.123. The summed E-state index contributed by atoms with van der Waals surface area (Å²) in [4.78, 5) is 20.1. The van der Waals surface area contributed by atoms with E-state index < -0.39 is 11.9 Å². The Hall–Kier alpha value is -3.82. The van der Waals surface area contributed by atoms with Gasteiger partial charge in [0.25, 0.3) is 0 Å². The molecular formula is C19H14F3N7. The third kappa shape index (κ3) is 4.21. The number of anilines is 1. The first-order chi connectivity index (χ1) is 14.0. The molecule has 0 bridgehead atoms. The van der Waals surface area contributed by atoms with Crippen LogP contribution in [0.25, 0.3) is 17.2 Å². The molecule has 0 aliphatic rings. The molecule has 0 aliphatic carbocycles. The summed E-state index contributed by atoms with van der Waals surface area (Å²) in [5.74, 6) is 0.609. The first-order valence-electron chi connectivity index (χ1n) is 8.53. The molecule has 4 aromatic rings. The van der Waals surface area contributed by atoms with Crippen molar-refractivity contribution in [1.29, 1.82) is 0 Å². The number of halogens is 3. The number of rotatable bonds is 5. The number of nitrogens with zero attached hydrogens (tertiary/aromatic N) is 6. The summed E-state index contributed by atoms with van der Waals surface area (Å²) in [7, 11) is 0. The Balaban J connectivity index is 1.66. The first-order valence-corrected chi connectivity index (χ1v) is 8.53. The van der Waals surface area contributed by atoms with E-state index in [1.807, 2.05) is 6.07 Å². The Morgan fingerprint density at radius 1 is 1.00 bits per heavy atom. The molecule has 7 nitrogen and oxygen atoms in total. The molecule has 0 aromatic carbocycles. The van der Waals surface area contributed by atoms with Crippen LogP contribution in [0.15, 0.2) is 67.6 Å². The van der Waals surface area contributed by atoms with Crippen molar-refractivity contribution in [2.75, 3.05) is 5.32 Å². The van der Waals surface area contributed by atoms with E-state index in [0.29, 0.717) is 11.4 Å². The minimum Gasteiger partial charge on any atom is -0.366 e. The van der Waals surface area contributed by atoms with Crippen molar-refractivity contribution in [2.45, 2.75) is 12.7 Å². The fourth-order valence-electron chi connectivity index (χ4n) is 2.68. The average Bonchev–Trinajstić information content (AvgIpc) is 3.27. The quantitative estimate of drug-likeness (QED) is 0.552. The largest absolute Gasteiger partial charge is 0.433 e. The number of nitrogens with one attached hydrogen (secondary N) is 1. The highest BCUT2D eigenvalue weighted by Gasteiger charge is 2.33. The summed E-state index contributed by atoms with van der Waals surface area (Å²) in [6, 6.07) is 7.67. The van der Waals surface area contributed by atoms with E-state index >= 15 is 0 Å². The van der Waals surface area contributed by atoms with E-state index in [9.17, 15) is 13.2 Å². The SMILES string of the molecule is FC(F)(F)c1cc(NCc2cccnc2-n2ccnc2)nc(-c2cccnc2)n1. The van der Waals surface area contributed by atoms with Crippen LogP contribution in [-0.4, -0.2) is 29.5 Å². The molecule has 0 atom stereocenters. The van der Waals surface area contributed by atoms with Crippen molar-refractivity contribution in [3.63, 3.8) is 0 Å². The van der Waals surface area contributed by atoms with Crippen molar-refractivity contribution in [2.24, 2.45) is 0 Å². The van der Waals surface area contributed by atoms with Crippen LogP contribution in [0.2, 0.25) is 0 Å². The summed E-state index contributed by atoms with van der Waals surface area (Å²) in [6.45, 7) is 0.210. The van der Waals surface area contributed by atoms with Crippen molar-refractivity contribution in [3.05, 3.63) is 78.9 Å². The lowest BCUT2D eigenvalue weighted by Crippen LogP contribution is -2.13. The molecule has 4 rings (SSSR count). The van der Waals surface area contributed by atoms with E-state index in [2.05, 4.69) is 30.2 Å². The average molecular weight is 397 g/mol. The van der Waals surface area contributed by atoms with Crippen molar-refractivity contribution in [1.82, 2.24) is 29.5 Å². The Kier molecular flexibility index (Phi) is 4.90. The second-order valence-electron chi connectivity index (χ2n) is 6.01. The third-order valence-corrected chi connectivity index (χ3v) is 4.01. The highest BCUT2D eigenvalue weighted by Crippen LogP contribution is 2.30. The fourth-order valence-corrected chi connectivity index (χ4v) is 2.68. The Bertz CT molecular complexity index is 1100. The number of alkyl halides is 3. The van der Waals surface area contributed by atoms with Gasteiger partial charge in [0.2, 0.25) is 0 Å².